The van der Waals surface area contributed by atoms with Gasteiger partial charge in [-0.05, 0) is 35.7 Å². The zero-order valence-electron chi connectivity index (χ0n) is 10.4. The molecule has 2 aromatic rings. The van der Waals surface area contributed by atoms with Crippen molar-refractivity contribution < 1.29 is 9.18 Å². The van der Waals surface area contributed by atoms with Crippen LogP contribution < -0.4 is 0 Å². The van der Waals surface area contributed by atoms with Gasteiger partial charge in [0.25, 0.3) is 0 Å². The van der Waals surface area contributed by atoms with Gasteiger partial charge in [0.05, 0.1) is 0 Å². The van der Waals surface area contributed by atoms with Crippen molar-refractivity contribution in [3.05, 3.63) is 65.2 Å². The Bertz CT molecular complexity index is 600. The maximum Gasteiger partial charge on any atom is 0.213 e. The van der Waals surface area contributed by atoms with Crippen LogP contribution in [-0.4, -0.2) is 10.8 Å². The van der Waals surface area contributed by atoms with Gasteiger partial charge in [-0.2, -0.15) is 4.39 Å². The summed E-state index contributed by atoms with van der Waals surface area (Å²) in [5.41, 5.74) is 2.30. The molecule has 1 atom stereocenters. The molecule has 1 aromatic carbocycles. The summed E-state index contributed by atoms with van der Waals surface area (Å²) in [4.78, 5) is 15.3. The number of aryl methyl sites for hydroxylation is 1. The summed E-state index contributed by atoms with van der Waals surface area (Å²) < 4.78 is 13.1. The van der Waals surface area contributed by atoms with Gasteiger partial charge in [0, 0.05) is 11.8 Å². The Morgan fingerprint density at radius 2 is 2.16 bits per heavy atom. The fourth-order valence-corrected chi connectivity index (χ4v) is 2.37. The number of ketones is 1. The van der Waals surface area contributed by atoms with Crippen molar-refractivity contribution in [1.29, 1.82) is 0 Å². The van der Waals surface area contributed by atoms with Gasteiger partial charge in [-0.3, -0.25) is 4.79 Å². The Labute approximate surface area is 119 Å². The molecule has 0 aliphatic carbocycles. The predicted octanol–water partition coefficient (Wildman–Crippen LogP) is 4.10. The average Bonchev–Trinajstić information content (AvgIpc) is 2.45. The van der Waals surface area contributed by atoms with Gasteiger partial charge in [0.2, 0.25) is 5.95 Å². The Morgan fingerprint density at radius 3 is 2.84 bits per heavy atom. The van der Waals surface area contributed by atoms with Crippen molar-refractivity contribution in [2.45, 2.75) is 18.2 Å². The van der Waals surface area contributed by atoms with Crippen LogP contribution in [0.4, 0.5) is 4.39 Å². The Kier molecular flexibility index (Phi) is 4.43. The number of benzene rings is 1. The molecule has 0 aliphatic heterocycles. The second-order valence-corrected chi connectivity index (χ2v) is 5.11. The largest absolute Gasteiger partial charge is 0.293 e. The van der Waals surface area contributed by atoms with Crippen molar-refractivity contribution in [2.24, 2.45) is 0 Å². The Hall–Kier alpha value is -1.55. The molecule has 4 heteroatoms. The highest BCUT2D eigenvalue weighted by Crippen LogP contribution is 2.27. The van der Waals surface area contributed by atoms with E-state index in [0.717, 1.165) is 12.0 Å². The van der Waals surface area contributed by atoms with Crippen molar-refractivity contribution in [3.8, 4) is 0 Å². The van der Waals surface area contributed by atoms with Crippen LogP contribution in [0.3, 0.4) is 0 Å². The summed E-state index contributed by atoms with van der Waals surface area (Å²) in [6.07, 6.45) is 2.23. The predicted molar refractivity (Wildman–Crippen MR) is 76.0 cm³/mol. The molecule has 0 saturated heterocycles. The van der Waals surface area contributed by atoms with Gasteiger partial charge >= 0.3 is 0 Å². The van der Waals surface area contributed by atoms with Gasteiger partial charge in [-0.25, -0.2) is 4.98 Å². The zero-order valence-corrected chi connectivity index (χ0v) is 12.0. The minimum Gasteiger partial charge on any atom is -0.293 e. The van der Waals surface area contributed by atoms with E-state index in [1.807, 2.05) is 25.1 Å². The van der Waals surface area contributed by atoms with E-state index in [1.165, 1.54) is 12.3 Å². The second-order valence-electron chi connectivity index (χ2n) is 4.19. The highest BCUT2D eigenvalue weighted by atomic mass is 79.9. The quantitative estimate of drug-likeness (QED) is 0.482. The average molecular weight is 322 g/mol. The van der Waals surface area contributed by atoms with Crippen molar-refractivity contribution in [2.75, 3.05) is 0 Å². The third-order valence-electron chi connectivity index (χ3n) is 2.89. The first-order chi connectivity index (χ1) is 9.11. The van der Waals surface area contributed by atoms with Crippen molar-refractivity contribution >= 4 is 21.7 Å². The van der Waals surface area contributed by atoms with Gasteiger partial charge in [-0.1, -0.05) is 41.1 Å². The van der Waals surface area contributed by atoms with Gasteiger partial charge in [0.1, 0.15) is 4.83 Å². The van der Waals surface area contributed by atoms with Crippen LogP contribution in [0.2, 0.25) is 0 Å². The van der Waals surface area contributed by atoms with Gasteiger partial charge < -0.3 is 0 Å². The van der Waals surface area contributed by atoms with E-state index < -0.39 is 10.8 Å². The molecule has 2 rings (SSSR count). The zero-order chi connectivity index (χ0) is 13.8. The lowest BCUT2D eigenvalue weighted by molar-refractivity contribution is 0.0991. The lowest BCUT2D eigenvalue weighted by atomic mass is 10.0. The van der Waals surface area contributed by atoms with E-state index in [1.54, 1.807) is 12.1 Å². The third kappa shape index (κ3) is 3.26. The number of hydrogen-bond donors (Lipinski definition) is 0. The molecule has 0 bridgehead atoms. The molecule has 1 aromatic heterocycles. The molecule has 0 amide bonds. The summed E-state index contributed by atoms with van der Waals surface area (Å²) >= 11 is 3.32. The standard InChI is InChI=1S/C15H13BrFNO/c1-2-10-4-3-5-12(8-10)15(19)14(16)11-6-7-18-13(17)9-11/h3-9,14H,2H2,1H3. The van der Waals surface area contributed by atoms with E-state index in [-0.39, 0.29) is 5.78 Å². The molecular weight excluding hydrogens is 309 g/mol. The highest BCUT2D eigenvalue weighted by molar-refractivity contribution is 9.09. The lowest BCUT2D eigenvalue weighted by Crippen LogP contribution is -2.08. The monoisotopic (exact) mass is 321 g/mol. The highest BCUT2D eigenvalue weighted by Gasteiger charge is 2.19. The number of carbonyl (C=O) groups is 1. The first-order valence-corrected chi connectivity index (χ1v) is 6.92. The minimum atomic E-state index is -0.586. The number of carbonyl (C=O) groups excluding carboxylic acids is 1. The van der Waals surface area contributed by atoms with Crippen LogP contribution in [0.5, 0.6) is 0 Å². The van der Waals surface area contributed by atoms with Crippen LogP contribution in [0.25, 0.3) is 0 Å². The maximum atomic E-state index is 13.1. The molecule has 98 valence electrons. The summed E-state index contributed by atoms with van der Waals surface area (Å²) in [6, 6.07) is 10.4. The number of alkyl halides is 1. The van der Waals surface area contributed by atoms with Crippen molar-refractivity contribution in [1.82, 2.24) is 4.98 Å². The molecule has 0 fully saturated rings. The van der Waals surface area contributed by atoms with E-state index >= 15 is 0 Å². The molecule has 0 saturated carbocycles. The number of nitrogens with zero attached hydrogens (tertiary/aromatic N) is 1. The fraction of sp³-hybridized carbons (Fsp3) is 0.200. The van der Waals surface area contributed by atoms with E-state index in [9.17, 15) is 9.18 Å². The number of pyridine rings is 1. The second kappa shape index (κ2) is 6.06. The Morgan fingerprint density at radius 1 is 1.37 bits per heavy atom. The molecule has 0 radical (unpaired) electrons. The molecular formula is C15H13BrFNO. The summed E-state index contributed by atoms with van der Waals surface area (Å²) in [6.45, 7) is 2.04. The summed E-state index contributed by atoms with van der Waals surface area (Å²) in [7, 11) is 0. The Balaban J connectivity index is 2.28. The number of halogens is 2. The van der Waals surface area contributed by atoms with Crippen LogP contribution in [-0.2, 0) is 6.42 Å². The van der Waals surface area contributed by atoms with Crippen LogP contribution >= 0.6 is 15.9 Å². The molecule has 0 aliphatic rings. The molecule has 1 unspecified atom stereocenters. The maximum absolute atomic E-state index is 13.1. The topological polar surface area (TPSA) is 30.0 Å². The van der Waals surface area contributed by atoms with E-state index in [2.05, 4.69) is 20.9 Å². The minimum absolute atomic E-state index is 0.0825. The number of Topliss-reactive ketones (excluding diaryl/α,β-unsaturated/α-hetero) is 1. The molecule has 19 heavy (non-hydrogen) atoms. The molecule has 2 nitrogen and oxygen atoms in total. The molecule has 0 spiro atoms. The number of aromatic nitrogens is 1. The normalized spacial score (nSPS) is 12.2. The molecule has 1 heterocycles. The first kappa shape index (κ1) is 13.9. The summed E-state index contributed by atoms with van der Waals surface area (Å²) in [5.74, 6) is -0.669. The van der Waals surface area contributed by atoms with Gasteiger partial charge in [-0.15, -0.1) is 0 Å². The molecule has 0 N–H and O–H groups in total. The first-order valence-electron chi connectivity index (χ1n) is 6.00. The third-order valence-corrected chi connectivity index (χ3v) is 3.84. The van der Waals surface area contributed by atoms with Crippen LogP contribution in [0.1, 0.15) is 33.2 Å². The smallest absolute Gasteiger partial charge is 0.213 e. The van der Waals surface area contributed by atoms with Gasteiger partial charge in [0.15, 0.2) is 5.78 Å². The number of rotatable bonds is 4. The van der Waals surface area contributed by atoms with E-state index in [0.29, 0.717) is 11.1 Å². The van der Waals surface area contributed by atoms with Crippen molar-refractivity contribution in [3.63, 3.8) is 0 Å². The number of hydrogen-bond acceptors (Lipinski definition) is 2. The SMILES string of the molecule is CCc1cccc(C(=O)C(Br)c2ccnc(F)c2)c1. The van der Waals surface area contributed by atoms with Crippen LogP contribution in [0, 0.1) is 5.95 Å². The summed E-state index contributed by atoms with van der Waals surface area (Å²) in [5, 5.41) is 0. The lowest BCUT2D eigenvalue weighted by Gasteiger charge is -2.10. The van der Waals surface area contributed by atoms with Crippen LogP contribution in [0.15, 0.2) is 42.6 Å². The fourth-order valence-electron chi connectivity index (χ4n) is 1.82. The van der Waals surface area contributed by atoms with E-state index in [4.69, 9.17) is 0 Å².